The number of hydrogen-bond acceptors (Lipinski definition) is 4. The van der Waals surface area contributed by atoms with E-state index in [-0.39, 0.29) is 5.69 Å². The summed E-state index contributed by atoms with van der Waals surface area (Å²) >= 11 is 0. The van der Waals surface area contributed by atoms with Crippen molar-refractivity contribution in [3.63, 3.8) is 0 Å². The highest BCUT2D eigenvalue weighted by molar-refractivity contribution is 7.92. The molecule has 0 saturated carbocycles. The minimum Gasteiger partial charge on any atom is -0.354 e. The number of rotatable bonds is 8. The summed E-state index contributed by atoms with van der Waals surface area (Å²) in [6, 6.07) is 1.68. The van der Waals surface area contributed by atoms with Crippen molar-refractivity contribution in [1.82, 2.24) is 10.2 Å². The first-order chi connectivity index (χ1) is 13.2. The number of carbonyl (C=O) groups is 1. The lowest BCUT2D eigenvalue weighted by Crippen LogP contribution is -2.48. The van der Waals surface area contributed by atoms with Gasteiger partial charge >= 0.3 is 0 Å². The zero-order valence-corrected chi connectivity index (χ0v) is 17.3. The van der Waals surface area contributed by atoms with Crippen molar-refractivity contribution in [2.45, 2.75) is 45.1 Å². The Morgan fingerprint density at radius 3 is 2.39 bits per heavy atom. The Morgan fingerprint density at radius 1 is 1.18 bits per heavy atom. The topological polar surface area (TPSA) is 69.7 Å². The molecule has 28 heavy (non-hydrogen) atoms. The van der Waals surface area contributed by atoms with Gasteiger partial charge in [-0.1, -0.05) is 12.8 Å². The van der Waals surface area contributed by atoms with Gasteiger partial charge in [0, 0.05) is 12.6 Å². The summed E-state index contributed by atoms with van der Waals surface area (Å²) in [4.78, 5) is 14.8. The van der Waals surface area contributed by atoms with E-state index in [9.17, 15) is 22.0 Å². The Hall–Kier alpha value is -1.74. The van der Waals surface area contributed by atoms with E-state index in [0.717, 1.165) is 54.8 Å². The number of nitrogens with zero attached hydrogens (tertiary/aromatic N) is 2. The summed E-state index contributed by atoms with van der Waals surface area (Å²) in [5.74, 6) is -2.73. The first kappa shape index (κ1) is 22.5. The van der Waals surface area contributed by atoms with Crippen LogP contribution in [-0.2, 0) is 14.8 Å². The summed E-state index contributed by atoms with van der Waals surface area (Å²) in [7, 11) is -3.87. The van der Waals surface area contributed by atoms with Crippen molar-refractivity contribution >= 4 is 21.6 Å². The highest BCUT2D eigenvalue weighted by Gasteiger charge is 2.29. The molecule has 9 heteroatoms. The van der Waals surface area contributed by atoms with E-state index in [1.807, 2.05) is 0 Å². The van der Waals surface area contributed by atoms with E-state index in [2.05, 4.69) is 10.2 Å². The second-order valence-electron chi connectivity index (χ2n) is 7.23. The summed E-state index contributed by atoms with van der Waals surface area (Å²) in [5.41, 5.74) is -0.0892. The fraction of sp³-hybridized carbons (Fsp3) is 0.632. The third kappa shape index (κ3) is 6.41. The van der Waals surface area contributed by atoms with Gasteiger partial charge in [-0.3, -0.25) is 9.10 Å². The molecular formula is C19H29F2N3O3S. The van der Waals surface area contributed by atoms with Crippen LogP contribution in [0.25, 0.3) is 0 Å². The standard InChI is InChI=1S/C19H29F2N3O3S/c1-15(19(25)22-10-7-13-23-11-5-3-4-6-12-23)24(28(2,26)27)16-8-9-17(20)18(21)14-16/h8-9,14-15H,3-7,10-13H2,1-2H3,(H,22,25). The van der Waals surface area contributed by atoms with Crippen molar-refractivity contribution in [2.24, 2.45) is 0 Å². The number of halogens is 2. The van der Waals surface area contributed by atoms with E-state index in [4.69, 9.17) is 0 Å². The van der Waals surface area contributed by atoms with Crippen molar-refractivity contribution in [2.75, 3.05) is 36.7 Å². The van der Waals surface area contributed by atoms with E-state index < -0.39 is 33.6 Å². The van der Waals surface area contributed by atoms with Gasteiger partial charge in [-0.05, 0) is 58.0 Å². The van der Waals surface area contributed by atoms with Crippen LogP contribution in [0.15, 0.2) is 18.2 Å². The number of likely N-dealkylation sites (tertiary alicyclic amines) is 1. The van der Waals surface area contributed by atoms with Crippen molar-refractivity contribution in [3.8, 4) is 0 Å². The second-order valence-corrected chi connectivity index (χ2v) is 9.09. The fourth-order valence-corrected chi connectivity index (χ4v) is 4.62. The second kappa shape index (κ2) is 10.2. The van der Waals surface area contributed by atoms with E-state index >= 15 is 0 Å². The number of hydrogen-bond donors (Lipinski definition) is 1. The van der Waals surface area contributed by atoms with Crippen LogP contribution in [0.5, 0.6) is 0 Å². The predicted molar refractivity (Wildman–Crippen MR) is 106 cm³/mol. The molecule has 1 amide bonds. The first-order valence-electron chi connectivity index (χ1n) is 9.64. The van der Waals surface area contributed by atoms with Crippen molar-refractivity contribution in [3.05, 3.63) is 29.8 Å². The molecule has 0 bridgehead atoms. The molecule has 1 unspecified atom stereocenters. The number of amides is 1. The highest BCUT2D eigenvalue weighted by Crippen LogP contribution is 2.23. The Bertz CT molecular complexity index is 766. The average molecular weight is 418 g/mol. The van der Waals surface area contributed by atoms with Gasteiger partial charge in [0.15, 0.2) is 11.6 Å². The van der Waals surface area contributed by atoms with E-state index in [0.29, 0.717) is 6.54 Å². The zero-order valence-electron chi connectivity index (χ0n) is 16.5. The molecule has 1 atom stereocenters. The van der Waals surface area contributed by atoms with Crippen LogP contribution < -0.4 is 9.62 Å². The molecular weight excluding hydrogens is 388 g/mol. The summed E-state index contributed by atoms with van der Waals surface area (Å²) in [6.45, 7) is 4.87. The predicted octanol–water partition coefficient (Wildman–Crippen LogP) is 2.50. The van der Waals surface area contributed by atoms with Gasteiger partial charge in [0.1, 0.15) is 6.04 Å². The molecule has 0 aromatic heterocycles. The Balaban J connectivity index is 1.94. The van der Waals surface area contributed by atoms with Gasteiger partial charge in [-0.25, -0.2) is 17.2 Å². The first-order valence-corrected chi connectivity index (χ1v) is 11.5. The Kier molecular flexibility index (Phi) is 8.18. The highest BCUT2D eigenvalue weighted by atomic mass is 32.2. The summed E-state index contributed by atoms with van der Waals surface area (Å²) in [6.07, 6.45) is 6.61. The van der Waals surface area contributed by atoms with E-state index in [1.165, 1.54) is 32.6 Å². The van der Waals surface area contributed by atoms with E-state index in [1.54, 1.807) is 0 Å². The van der Waals surface area contributed by atoms with Crippen LogP contribution in [0.2, 0.25) is 0 Å². The van der Waals surface area contributed by atoms with Crippen LogP contribution in [0.1, 0.15) is 39.0 Å². The van der Waals surface area contributed by atoms with Crippen LogP contribution in [0.4, 0.5) is 14.5 Å². The smallest absolute Gasteiger partial charge is 0.243 e. The van der Waals surface area contributed by atoms with Gasteiger partial charge in [0.05, 0.1) is 11.9 Å². The molecule has 1 saturated heterocycles. The van der Waals surface area contributed by atoms with Crippen LogP contribution in [0.3, 0.4) is 0 Å². The Labute approximate surface area is 165 Å². The molecule has 0 spiro atoms. The lowest BCUT2D eigenvalue weighted by molar-refractivity contribution is -0.121. The number of sulfonamides is 1. The summed E-state index contributed by atoms with van der Waals surface area (Å²) < 4.78 is 51.9. The maximum Gasteiger partial charge on any atom is 0.243 e. The lowest BCUT2D eigenvalue weighted by Gasteiger charge is -2.28. The number of anilines is 1. The summed E-state index contributed by atoms with van der Waals surface area (Å²) in [5, 5.41) is 2.75. The molecule has 0 aliphatic carbocycles. The minimum atomic E-state index is -3.87. The SMILES string of the molecule is CC(C(=O)NCCCN1CCCCCC1)N(c1ccc(F)c(F)c1)S(C)(=O)=O. The van der Waals surface area contributed by atoms with Crippen LogP contribution >= 0.6 is 0 Å². The third-order valence-electron chi connectivity index (χ3n) is 4.90. The average Bonchev–Trinajstić information content (AvgIpc) is 2.89. The maximum atomic E-state index is 13.5. The molecule has 0 radical (unpaired) electrons. The normalized spacial score (nSPS) is 17.0. The fourth-order valence-electron chi connectivity index (χ4n) is 3.45. The van der Waals surface area contributed by atoms with Crippen LogP contribution in [0, 0.1) is 11.6 Å². The molecule has 1 N–H and O–H groups in total. The van der Waals surface area contributed by atoms with Crippen LogP contribution in [-0.4, -0.2) is 57.7 Å². The number of nitrogens with one attached hydrogen (secondary N) is 1. The number of benzene rings is 1. The number of carbonyl (C=O) groups excluding carboxylic acids is 1. The monoisotopic (exact) mass is 417 g/mol. The van der Waals surface area contributed by atoms with Gasteiger partial charge in [0.25, 0.3) is 0 Å². The lowest BCUT2D eigenvalue weighted by atomic mass is 10.2. The molecule has 1 aliphatic rings. The molecule has 1 aromatic carbocycles. The van der Waals surface area contributed by atoms with Crippen molar-refractivity contribution < 1.29 is 22.0 Å². The van der Waals surface area contributed by atoms with Gasteiger partial charge in [0.2, 0.25) is 15.9 Å². The third-order valence-corrected chi connectivity index (χ3v) is 6.14. The molecule has 6 nitrogen and oxygen atoms in total. The largest absolute Gasteiger partial charge is 0.354 e. The molecule has 2 rings (SSSR count). The molecule has 1 aliphatic heterocycles. The van der Waals surface area contributed by atoms with Gasteiger partial charge < -0.3 is 10.2 Å². The maximum absolute atomic E-state index is 13.5. The van der Waals surface area contributed by atoms with Gasteiger partial charge in [-0.15, -0.1) is 0 Å². The molecule has 1 fully saturated rings. The van der Waals surface area contributed by atoms with Gasteiger partial charge in [-0.2, -0.15) is 0 Å². The quantitative estimate of drug-likeness (QED) is 0.660. The minimum absolute atomic E-state index is 0.0892. The Morgan fingerprint density at radius 2 is 1.82 bits per heavy atom. The van der Waals surface area contributed by atoms with Crippen molar-refractivity contribution in [1.29, 1.82) is 0 Å². The zero-order chi connectivity index (χ0) is 20.7. The molecule has 158 valence electrons. The molecule has 1 heterocycles. The molecule has 1 aromatic rings.